The molecule has 4 aromatic carbocycles. The summed E-state index contributed by atoms with van der Waals surface area (Å²) in [7, 11) is 0. The number of rotatable bonds is 2. The van der Waals surface area contributed by atoms with Gasteiger partial charge in [-0.2, -0.15) is 0 Å². The SMILES string of the molecule is O=C1NC(=S)N(c2ccc(Br)cc2)C(=O)/C1=C/c1c2ccccc2cc2ccccc12. The molecule has 0 radical (unpaired) electrons. The third-order valence-electron chi connectivity index (χ3n) is 5.29. The number of halogens is 1. The fourth-order valence-electron chi connectivity index (χ4n) is 3.83. The Bertz CT molecular complexity index is 1370. The van der Waals surface area contributed by atoms with Gasteiger partial charge in [0.05, 0.1) is 5.69 Å². The average molecular weight is 487 g/mol. The van der Waals surface area contributed by atoms with E-state index in [1.54, 1.807) is 18.2 Å². The Kier molecular flexibility index (Phi) is 4.88. The van der Waals surface area contributed by atoms with Gasteiger partial charge in [0.15, 0.2) is 5.11 Å². The smallest absolute Gasteiger partial charge is 0.270 e. The molecule has 5 rings (SSSR count). The normalized spacial score (nSPS) is 15.7. The first-order valence-electron chi connectivity index (χ1n) is 9.60. The minimum absolute atomic E-state index is 0.0398. The summed E-state index contributed by atoms with van der Waals surface area (Å²) in [5, 5.41) is 6.74. The lowest BCUT2D eigenvalue weighted by molar-refractivity contribution is -0.122. The molecule has 1 fully saturated rings. The highest BCUT2D eigenvalue weighted by Gasteiger charge is 2.34. The zero-order valence-electron chi connectivity index (χ0n) is 16.1. The quantitative estimate of drug-likeness (QED) is 0.174. The van der Waals surface area contributed by atoms with Crippen molar-refractivity contribution in [3.05, 3.63) is 94.5 Å². The number of amides is 2. The van der Waals surface area contributed by atoms with Gasteiger partial charge in [0, 0.05) is 4.47 Å². The first-order valence-corrected chi connectivity index (χ1v) is 10.8. The van der Waals surface area contributed by atoms with E-state index < -0.39 is 11.8 Å². The van der Waals surface area contributed by atoms with Crippen molar-refractivity contribution < 1.29 is 9.59 Å². The summed E-state index contributed by atoms with van der Waals surface area (Å²) in [6.45, 7) is 0. The molecular weight excluding hydrogens is 472 g/mol. The largest absolute Gasteiger partial charge is 0.298 e. The van der Waals surface area contributed by atoms with Gasteiger partial charge in [-0.1, -0.05) is 64.5 Å². The summed E-state index contributed by atoms with van der Waals surface area (Å²) in [6.07, 6.45) is 1.68. The molecule has 0 saturated carbocycles. The molecule has 0 aromatic heterocycles. The molecule has 1 aliphatic rings. The summed E-state index contributed by atoms with van der Waals surface area (Å²) < 4.78 is 0.883. The van der Waals surface area contributed by atoms with Gasteiger partial charge in [0.1, 0.15) is 5.57 Å². The maximum Gasteiger partial charge on any atom is 0.270 e. The van der Waals surface area contributed by atoms with Crippen LogP contribution < -0.4 is 10.2 Å². The van der Waals surface area contributed by atoms with E-state index in [0.29, 0.717) is 5.69 Å². The lowest BCUT2D eigenvalue weighted by atomic mass is 9.94. The van der Waals surface area contributed by atoms with Crippen LogP contribution >= 0.6 is 28.1 Å². The molecule has 1 aliphatic heterocycles. The number of benzene rings is 4. The number of nitrogens with zero attached hydrogens (tertiary/aromatic N) is 1. The van der Waals surface area contributed by atoms with Gasteiger partial charge in [-0.05, 0) is 75.7 Å². The number of hydrogen-bond donors (Lipinski definition) is 1. The van der Waals surface area contributed by atoms with Crippen LogP contribution in [0.2, 0.25) is 0 Å². The van der Waals surface area contributed by atoms with Crippen molar-refractivity contribution in [2.75, 3.05) is 4.90 Å². The standard InChI is InChI=1S/C25H15BrN2O2S/c26-17-9-11-18(12-10-17)28-24(30)22(23(29)27-25(28)31)14-21-19-7-3-1-5-15(19)13-16-6-2-4-8-20(16)21/h1-14H,(H,27,29,31)/b22-14+. The van der Waals surface area contributed by atoms with Crippen molar-refractivity contribution in [1.82, 2.24) is 5.32 Å². The molecule has 150 valence electrons. The third-order valence-corrected chi connectivity index (χ3v) is 6.10. The molecule has 4 nitrogen and oxygen atoms in total. The number of hydrogen-bond acceptors (Lipinski definition) is 3. The second-order valence-corrected chi connectivity index (χ2v) is 8.47. The summed E-state index contributed by atoms with van der Waals surface area (Å²) in [6, 6.07) is 25.2. The predicted molar refractivity (Wildman–Crippen MR) is 132 cm³/mol. The highest BCUT2D eigenvalue weighted by Crippen LogP contribution is 2.31. The summed E-state index contributed by atoms with van der Waals surface area (Å²) in [5.74, 6) is -0.950. The molecular formula is C25H15BrN2O2S. The van der Waals surface area contributed by atoms with E-state index in [9.17, 15) is 9.59 Å². The Balaban J connectivity index is 1.71. The molecule has 1 saturated heterocycles. The van der Waals surface area contributed by atoms with Gasteiger partial charge >= 0.3 is 0 Å². The number of nitrogens with one attached hydrogen (secondary N) is 1. The average Bonchev–Trinajstić information content (AvgIpc) is 2.77. The van der Waals surface area contributed by atoms with E-state index in [1.165, 1.54) is 4.90 Å². The third kappa shape index (κ3) is 3.44. The minimum Gasteiger partial charge on any atom is -0.298 e. The first-order chi connectivity index (χ1) is 15.0. The lowest BCUT2D eigenvalue weighted by Crippen LogP contribution is -2.54. The molecule has 0 unspecified atom stereocenters. The number of carbonyl (C=O) groups excluding carboxylic acids is 2. The topological polar surface area (TPSA) is 49.4 Å². The van der Waals surface area contributed by atoms with E-state index in [1.807, 2.05) is 60.7 Å². The molecule has 1 heterocycles. The Morgan fingerprint density at radius 2 is 1.42 bits per heavy atom. The van der Waals surface area contributed by atoms with E-state index in [2.05, 4.69) is 27.3 Å². The summed E-state index contributed by atoms with van der Waals surface area (Å²) >= 11 is 8.70. The number of anilines is 1. The second kappa shape index (κ2) is 7.72. The van der Waals surface area contributed by atoms with Crippen LogP contribution in [0.15, 0.2) is 88.9 Å². The highest BCUT2D eigenvalue weighted by molar-refractivity contribution is 9.10. The predicted octanol–water partition coefficient (Wildman–Crippen LogP) is 5.59. The van der Waals surface area contributed by atoms with Crippen LogP contribution in [0.1, 0.15) is 5.56 Å². The van der Waals surface area contributed by atoms with E-state index >= 15 is 0 Å². The van der Waals surface area contributed by atoms with Crippen molar-refractivity contribution in [2.24, 2.45) is 0 Å². The fraction of sp³-hybridized carbons (Fsp3) is 0. The molecule has 1 N–H and O–H groups in total. The Morgan fingerprint density at radius 3 is 2.03 bits per heavy atom. The molecule has 0 atom stereocenters. The van der Waals surface area contributed by atoms with Gasteiger partial charge in [0.25, 0.3) is 11.8 Å². The Morgan fingerprint density at radius 1 is 0.839 bits per heavy atom. The van der Waals surface area contributed by atoms with Gasteiger partial charge in [0.2, 0.25) is 0 Å². The summed E-state index contributed by atoms with van der Waals surface area (Å²) in [4.78, 5) is 27.6. The van der Waals surface area contributed by atoms with Crippen LogP contribution in [0, 0.1) is 0 Å². The van der Waals surface area contributed by atoms with Crippen molar-refractivity contribution in [3.63, 3.8) is 0 Å². The van der Waals surface area contributed by atoms with E-state index in [4.69, 9.17) is 12.2 Å². The van der Waals surface area contributed by atoms with Crippen LogP contribution in [0.4, 0.5) is 5.69 Å². The number of carbonyl (C=O) groups is 2. The maximum absolute atomic E-state index is 13.4. The molecule has 0 aliphatic carbocycles. The number of fused-ring (bicyclic) bond motifs is 2. The zero-order chi connectivity index (χ0) is 21.5. The second-order valence-electron chi connectivity index (χ2n) is 7.17. The molecule has 31 heavy (non-hydrogen) atoms. The molecule has 6 heteroatoms. The van der Waals surface area contributed by atoms with Crippen LogP contribution in [-0.4, -0.2) is 16.9 Å². The summed E-state index contributed by atoms with van der Waals surface area (Å²) in [5.41, 5.74) is 1.46. The lowest BCUT2D eigenvalue weighted by Gasteiger charge is -2.29. The molecule has 0 bridgehead atoms. The van der Waals surface area contributed by atoms with Crippen LogP contribution in [-0.2, 0) is 9.59 Å². The van der Waals surface area contributed by atoms with Gasteiger partial charge in [-0.3, -0.25) is 19.8 Å². The monoisotopic (exact) mass is 486 g/mol. The van der Waals surface area contributed by atoms with Crippen molar-refractivity contribution in [3.8, 4) is 0 Å². The highest BCUT2D eigenvalue weighted by atomic mass is 79.9. The van der Waals surface area contributed by atoms with Gasteiger partial charge in [-0.25, -0.2) is 0 Å². The molecule has 2 amide bonds. The Labute approximate surface area is 192 Å². The van der Waals surface area contributed by atoms with Crippen molar-refractivity contribution >= 4 is 78.4 Å². The first kappa shape index (κ1) is 19.6. The Hall–Kier alpha value is -3.35. The van der Waals surface area contributed by atoms with Gasteiger partial charge < -0.3 is 0 Å². The van der Waals surface area contributed by atoms with Crippen LogP contribution in [0.25, 0.3) is 27.6 Å². The van der Waals surface area contributed by atoms with Crippen LogP contribution in [0.5, 0.6) is 0 Å². The van der Waals surface area contributed by atoms with E-state index in [0.717, 1.165) is 31.6 Å². The van der Waals surface area contributed by atoms with Crippen molar-refractivity contribution in [1.29, 1.82) is 0 Å². The fourth-order valence-corrected chi connectivity index (χ4v) is 4.38. The van der Waals surface area contributed by atoms with Crippen LogP contribution in [0.3, 0.4) is 0 Å². The number of thiocarbonyl (C=S) groups is 1. The van der Waals surface area contributed by atoms with Crippen molar-refractivity contribution in [2.45, 2.75) is 0 Å². The van der Waals surface area contributed by atoms with E-state index in [-0.39, 0.29) is 10.7 Å². The molecule has 4 aromatic rings. The maximum atomic E-state index is 13.4. The van der Waals surface area contributed by atoms with Gasteiger partial charge in [-0.15, -0.1) is 0 Å². The zero-order valence-corrected chi connectivity index (χ0v) is 18.5. The minimum atomic E-state index is -0.500. The molecule has 0 spiro atoms.